The summed E-state index contributed by atoms with van der Waals surface area (Å²) in [6, 6.07) is 5.48. The van der Waals surface area contributed by atoms with Gasteiger partial charge in [0, 0.05) is 5.56 Å². The molecule has 0 bridgehead atoms. The van der Waals surface area contributed by atoms with E-state index in [1.54, 1.807) is 6.07 Å². The molecule has 90 valence electrons. The van der Waals surface area contributed by atoms with Crippen molar-refractivity contribution < 1.29 is 22.6 Å². The van der Waals surface area contributed by atoms with E-state index >= 15 is 0 Å². The molecule has 1 aliphatic carbocycles. The Morgan fingerprint density at radius 2 is 2.00 bits per heavy atom. The Morgan fingerprint density at radius 1 is 1.24 bits per heavy atom. The van der Waals surface area contributed by atoms with Crippen LogP contribution in [0.2, 0.25) is 0 Å². The smallest absolute Gasteiger partial charge is 0.443 e. The fourth-order valence-corrected chi connectivity index (χ4v) is 1.13. The summed E-state index contributed by atoms with van der Waals surface area (Å²) in [5, 5.41) is 0. The minimum Gasteiger partial charge on any atom is -0.443 e. The van der Waals surface area contributed by atoms with Crippen LogP contribution >= 0.6 is 0 Å². The van der Waals surface area contributed by atoms with Crippen LogP contribution in [-0.4, -0.2) is 12.5 Å². The second-order valence-corrected chi connectivity index (χ2v) is 3.62. The molecule has 1 aliphatic rings. The van der Waals surface area contributed by atoms with Crippen LogP contribution in [-0.2, 0) is 4.74 Å². The molecule has 0 aromatic heterocycles. The van der Waals surface area contributed by atoms with Crippen LogP contribution < -0.4 is 4.74 Å². The monoisotopic (exact) mass is 242 g/mol. The van der Waals surface area contributed by atoms with Crippen molar-refractivity contribution in [2.75, 3.05) is 0 Å². The highest BCUT2D eigenvalue weighted by Gasteiger charge is 2.31. The van der Waals surface area contributed by atoms with Gasteiger partial charge in [0.25, 0.3) is 0 Å². The zero-order valence-corrected chi connectivity index (χ0v) is 8.75. The van der Waals surface area contributed by atoms with Gasteiger partial charge in [-0.1, -0.05) is 6.07 Å². The molecule has 0 heterocycles. The van der Waals surface area contributed by atoms with Crippen molar-refractivity contribution in [2.45, 2.75) is 25.3 Å². The average Bonchev–Trinajstić information content (AvgIpc) is 2.99. The lowest BCUT2D eigenvalue weighted by Gasteiger charge is -2.08. The predicted molar refractivity (Wildman–Crippen MR) is 54.1 cm³/mol. The molecule has 0 atom stereocenters. The molecule has 0 unspecified atom stereocenters. The lowest BCUT2D eigenvalue weighted by Crippen LogP contribution is -2.17. The van der Waals surface area contributed by atoms with Gasteiger partial charge in [-0.3, -0.25) is 0 Å². The lowest BCUT2D eigenvalue weighted by molar-refractivity contribution is -0.274. The first-order chi connectivity index (χ1) is 8.03. The molecule has 17 heavy (non-hydrogen) atoms. The fourth-order valence-electron chi connectivity index (χ4n) is 1.13. The quantitative estimate of drug-likeness (QED) is 0.742. The van der Waals surface area contributed by atoms with Gasteiger partial charge in [0.2, 0.25) is 0 Å². The maximum atomic E-state index is 12.0. The van der Waals surface area contributed by atoms with E-state index in [-0.39, 0.29) is 11.9 Å². The van der Waals surface area contributed by atoms with Crippen molar-refractivity contribution >= 4 is 0 Å². The molecule has 0 spiro atoms. The number of halogens is 3. The topological polar surface area (TPSA) is 18.5 Å². The van der Waals surface area contributed by atoms with Crippen molar-refractivity contribution in [2.24, 2.45) is 0 Å². The molecule has 0 aliphatic heterocycles. The number of alkyl halides is 3. The minimum atomic E-state index is -4.68. The molecule has 2 nitrogen and oxygen atoms in total. The summed E-state index contributed by atoms with van der Waals surface area (Å²) < 4.78 is 44.7. The Kier molecular flexibility index (Phi) is 3.14. The van der Waals surface area contributed by atoms with Crippen LogP contribution in [0.25, 0.3) is 0 Å². The van der Waals surface area contributed by atoms with Gasteiger partial charge in [0.15, 0.2) is 0 Å². The first-order valence-corrected chi connectivity index (χ1v) is 5.05. The summed E-state index contributed by atoms with van der Waals surface area (Å²) >= 11 is 0. The molecule has 0 radical (unpaired) electrons. The van der Waals surface area contributed by atoms with Gasteiger partial charge in [-0.25, -0.2) is 0 Å². The van der Waals surface area contributed by atoms with Crippen molar-refractivity contribution in [3.05, 3.63) is 29.8 Å². The maximum absolute atomic E-state index is 12.0. The van der Waals surface area contributed by atoms with Crippen LogP contribution in [0.15, 0.2) is 24.3 Å². The molecule has 1 aromatic rings. The lowest BCUT2D eigenvalue weighted by atomic mass is 10.2. The highest BCUT2D eigenvalue weighted by atomic mass is 19.4. The van der Waals surface area contributed by atoms with E-state index in [0.717, 1.165) is 12.8 Å². The summed E-state index contributed by atoms with van der Waals surface area (Å²) in [7, 11) is 0. The molecule has 0 amide bonds. The molecule has 1 saturated carbocycles. The SMILES string of the molecule is FC(F)(F)Oc1cccc(C#COC2CC2)c1. The second kappa shape index (κ2) is 4.58. The molecule has 0 saturated heterocycles. The highest BCUT2D eigenvalue weighted by Crippen LogP contribution is 2.24. The Hall–Kier alpha value is -1.83. The number of hydrogen-bond donors (Lipinski definition) is 0. The van der Waals surface area contributed by atoms with Crippen LogP contribution in [0.5, 0.6) is 5.75 Å². The molecule has 1 aromatic carbocycles. The number of rotatable bonds is 2. The van der Waals surface area contributed by atoms with Crippen molar-refractivity contribution in [3.8, 4) is 17.8 Å². The third-order valence-corrected chi connectivity index (χ3v) is 2.01. The summed E-state index contributed by atoms with van der Waals surface area (Å²) in [6.07, 6.45) is -0.0414. The normalized spacial score (nSPS) is 14.8. The van der Waals surface area contributed by atoms with Gasteiger partial charge in [-0.05, 0) is 37.0 Å². The first kappa shape index (κ1) is 11.6. The van der Waals surface area contributed by atoms with Gasteiger partial charge in [-0.2, -0.15) is 0 Å². The number of ether oxygens (including phenoxy) is 2. The summed E-state index contributed by atoms with van der Waals surface area (Å²) in [5.41, 5.74) is 0.424. The van der Waals surface area contributed by atoms with Crippen molar-refractivity contribution in [1.29, 1.82) is 0 Å². The van der Waals surface area contributed by atoms with Gasteiger partial charge in [0.05, 0.1) is 0 Å². The van der Waals surface area contributed by atoms with Crippen LogP contribution in [0.4, 0.5) is 13.2 Å². The van der Waals surface area contributed by atoms with E-state index in [1.807, 2.05) is 0 Å². The maximum Gasteiger partial charge on any atom is 0.573 e. The number of hydrogen-bond acceptors (Lipinski definition) is 2. The van der Waals surface area contributed by atoms with Crippen LogP contribution in [0.3, 0.4) is 0 Å². The Balaban J connectivity index is 2.01. The fraction of sp³-hybridized carbons (Fsp3) is 0.333. The average molecular weight is 242 g/mol. The largest absolute Gasteiger partial charge is 0.573 e. The van der Waals surface area contributed by atoms with Crippen molar-refractivity contribution in [3.63, 3.8) is 0 Å². The highest BCUT2D eigenvalue weighted by molar-refractivity contribution is 5.39. The second-order valence-electron chi connectivity index (χ2n) is 3.62. The van der Waals surface area contributed by atoms with E-state index < -0.39 is 6.36 Å². The summed E-state index contributed by atoms with van der Waals surface area (Å²) in [4.78, 5) is 0. The van der Waals surface area contributed by atoms with E-state index in [0.29, 0.717) is 5.56 Å². The Morgan fingerprint density at radius 3 is 2.65 bits per heavy atom. The van der Waals surface area contributed by atoms with E-state index in [2.05, 4.69) is 16.8 Å². The summed E-state index contributed by atoms with van der Waals surface area (Å²) in [6.45, 7) is 0. The number of benzene rings is 1. The van der Waals surface area contributed by atoms with E-state index in [1.165, 1.54) is 18.2 Å². The predicted octanol–water partition coefficient (Wildman–Crippen LogP) is 3.07. The minimum absolute atomic E-state index is 0.192. The third kappa shape index (κ3) is 4.27. The zero-order valence-electron chi connectivity index (χ0n) is 8.75. The van der Waals surface area contributed by atoms with E-state index in [4.69, 9.17) is 4.74 Å². The van der Waals surface area contributed by atoms with Gasteiger partial charge >= 0.3 is 6.36 Å². The van der Waals surface area contributed by atoms with E-state index in [9.17, 15) is 13.2 Å². The molecule has 0 N–H and O–H groups in total. The standard InChI is InChI=1S/C12H9F3O2/c13-12(14,15)17-11-3-1-2-9(8-11)6-7-16-10-4-5-10/h1-3,8,10H,4-5H2. The molecular weight excluding hydrogens is 233 g/mol. The van der Waals surface area contributed by atoms with Crippen LogP contribution in [0, 0.1) is 12.0 Å². The first-order valence-electron chi connectivity index (χ1n) is 5.05. The van der Waals surface area contributed by atoms with Crippen molar-refractivity contribution in [1.82, 2.24) is 0 Å². The third-order valence-electron chi connectivity index (χ3n) is 2.01. The van der Waals surface area contributed by atoms with Gasteiger partial charge in [0.1, 0.15) is 18.0 Å². The Labute approximate surface area is 96.3 Å². The molecule has 1 fully saturated rings. The van der Waals surface area contributed by atoms with Crippen LogP contribution in [0.1, 0.15) is 18.4 Å². The molecule has 5 heteroatoms. The summed E-state index contributed by atoms with van der Waals surface area (Å²) in [5.74, 6) is 2.34. The molecule has 2 rings (SSSR count). The molecular formula is C12H9F3O2. The van der Waals surface area contributed by atoms with Gasteiger partial charge < -0.3 is 9.47 Å². The zero-order chi connectivity index (χ0) is 12.3. The van der Waals surface area contributed by atoms with Gasteiger partial charge in [-0.15, -0.1) is 13.2 Å². The Bertz CT molecular complexity index is 453.